The van der Waals surface area contributed by atoms with Gasteiger partial charge in [0, 0.05) is 67.2 Å². The molecule has 0 fully saturated rings. The summed E-state index contributed by atoms with van der Waals surface area (Å²) in [4.78, 5) is 49.8. The number of hydrogen-bond acceptors (Lipinski definition) is 15. The number of hydrogen-bond donors (Lipinski definition) is 1. The summed E-state index contributed by atoms with van der Waals surface area (Å²) >= 11 is 6.02. The highest BCUT2D eigenvalue weighted by atomic mass is 35.5. The smallest absolute Gasteiger partial charge is 0.308 e. The molecule has 0 bridgehead atoms. The Hall–Kier alpha value is -7.08. The maximum atomic E-state index is 11.8. The van der Waals surface area contributed by atoms with Gasteiger partial charge < -0.3 is 24.3 Å². The van der Waals surface area contributed by atoms with Crippen LogP contribution in [0.3, 0.4) is 0 Å². The van der Waals surface area contributed by atoms with Crippen LogP contribution in [0.15, 0.2) is 130 Å². The van der Waals surface area contributed by atoms with Crippen LogP contribution in [0.25, 0.3) is 0 Å². The highest BCUT2D eigenvalue weighted by Crippen LogP contribution is 2.31. The molecule has 5 rings (SSSR count). The molecule has 0 radical (unpaired) electrons. The molecule has 0 aliphatic heterocycles. The number of nitrogens with one attached hydrogen (secondary N) is 1. The van der Waals surface area contributed by atoms with Crippen molar-refractivity contribution in [3.8, 4) is 0 Å². The number of aromatic nitrogens is 2. The first-order valence-corrected chi connectivity index (χ1v) is 22.1. The lowest BCUT2D eigenvalue weighted by Gasteiger charge is -2.23. The predicted octanol–water partition coefficient (Wildman–Crippen LogP) is 12.9. The molecule has 0 amide bonds. The fraction of sp³-hybridized carbons (Fsp3) is 0.383. The summed E-state index contributed by atoms with van der Waals surface area (Å²) in [5.41, 5.74) is 3.93. The number of azo groups is 2. The molecule has 1 N–H and O–H groups in total. The third-order valence-electron chi connectivity index (χ3n) is 10.2. The summed E-state index contributed by atoms with van der Waals surface area (Å²) in [7, 11) is 0. The molecule has 0 aliphatic carbocycles. The molecular formula is C47H59ClN10O8. The highest BCUT2D eigenvalue weighted by Gasteiger charge is 2.14. The monoisotopic (exact) mass is 926 g/mol. The molecule has 4 aromatic carbocycles. The topological polar surface area (TPSA) is 221 Å². The molecule has 0 aliphatic rings. The fourth-order valence-corrected chi connectivity index (χ4v) is 5.58. The van der Waals surface area contributed by atoms with Gasteiger partial charge in [0.1, 0.15) is 18.9 Å². The first-order chi connectivity index (χ1) is 31.7. The van der Waals surface area contributed by atoms with Crippen molar-refractivity contribution in [3.05, 3.63) is 135 Å². The van der Waals surface area contributed by atoms with Crippen molar-refractivity contribution in [1.29, 1.82) is 0 Å². The fourth-order valence-electron chi connectivity index (χ4n) is 5.37. The molecule has 3 atom stereocenters. The highest BCUT2D eigenvalue weighted by molar-refractivity contribution is 6.33. The van der Waals surface area contributed by atoms with E-state index in [0.29, 0.717) is 55.1 Å². The van der Waals surface area contributed by atoms with Crippen molar-refractivity contribution in [3.63, 3.8) is 0 Å². The first-order valence-electron chi connectivity index (χ1n) is 21.7. The van der Waals surface area contributed by atoms with Gasteiger partial charge in [-0.25, -0.2) is 4.98 Å². The molecule has 18 nitrogen and oxygen atoms in total. The second kappa shape index (κ2) is 28.7. The number of nitro groups is 2. The Bertz CT molecular complexity index is 2310. The lowest BCUT2D eigenvalue weighted by atomic mass is 10.1. The summed E-state index contributed by atoms with van der Waals surface area (Å²) in [6.07, 6.45) is 8.35. The van der Waals surface area contributed by atoms with E-state index in [9.17, 15) is 29.8 Å². The van der Waals surface area contributed by atoms with Crippen molar-refractivity contribution in [2.75, 3.05) is 43.1 Å². The minimum absolute atomic E-state index is 0.0132. The average Bonchev–Trinajstić information content (AvgIpc) is 3.89. The molecule has 0 spiro atoms. The number of imidazole rings is 1. The minimum Gasteiger partial charge on any atom is -0.464 e. The van der Waals surface area contributed by atoms with Gasteiger partial charge in [0.2, 0.25) is 0 Å². The number of nitrogens with zero attached hydrogens (tertiary/aromatic N) is 9. The van der Waals surface area contributed by atoms with Crippen LogP contribution in [-0.4, -0.2) is 64.2 Å². The Morgan fingerprint density at radius 3 is 1.73 bits per heavy atom. The summed E-state index contributed by atoms with van der Waals surface area (Å²) in [6.45, 7) is 16.5. The molecule has 66 heavy (non-hydrogen) atoms. The quantitative estimate of drug-likeness (QED) is 0.0240. The SMILES string of the molecule is CCC(C)C(=O)OCCN(CC)c1ccc(N=Nc2ccc([N+](=O)[O-])cc2Cl)cc1.CCC(C)C(=O)OCCNc1ccc(N=Nc2ccc([N+](=O)[O-])cc2)cc1.CCC(C)n1ccnc1. The van der Waals surface area contributed by atoms with Gasteiger partial charge >= 0.3 is 11.9 Å². The molecule has 19 heteroatoms. The molecular weight excluding hydrogens is 868 g/mol. The van der Waals surface area contributed by atoms with Gasteiger partial charge in [-0.05, 0) is 99.8 Å². The van der Waals surface area contributed by atoms with Crippen molar-refractivity contribution in [1.82, 2.24) is 9.55 Å². The number of non-ortho nitro benzene ring substituents is 2. The van der Waals surface area contributed by atoms with Gasteiger partial charge in [-0.1, -0.05) is 46.2 Å². The number of carbonyl (C=O) groups excluding carboxylic acids is 2. The zero-order chi connectivity index (χ0) is 48.4. The van der Waals surface area contributed by atoms with Crippen LogP contribution < -0.4 is 10.2 Å². The van der Waals surface area contributed by atoms with Crippen LogP contribution in [0.4, 0.5) is 45.5 Å². The molecule has 3 unspecified atom stereocenters. The Labute approximate surface area is 390 Å². The lowest BCUT2D eigenvalue weighted by Crippen LogP contribution is -2.28. The number of nitro benzene ring substituents is 2. The number of halogens is 1. The molecule has 0 saturated heterocycles. The molecule has 0 saturated carbocycles. The Morgan fingerprint density at radius 2 is 1.24 bits per heavy atom. The standard InChI is InChI=1S/C21H25ClN4O4.C19H22N4O4.C7H12N2/c1-4-15(3)21(27)30-13-12-25(5-2)17-8-6-16(7-9-17)23-24-20-11-10-18(26(28)29)14-19(20)22;1-3-14(2)19(24)27-13-12-20-15-4-6-16(7-5-15)21-22-17-8-10-18(11-9-17)23(25)26;1-3-7(2)9-5-4-8-6-9/h6-11,14-15H,4-5,12-13H2,1-3H3;4-11,14,20H,3,12-13H2,1-2H3;4-7H,3H2,1-2H3. The Balaban J connectivity index is 0.000000295. The van der Waals surface area contributed by atoms with E-state index in [1.807, 2.05) is 89.7 Å². The minimum atomic E-state index is -0.518. The normalized spacial score (nSPS) is 12.2. The third kappa shape index (κ3) is 18.6. The number of rotatable bonds is 21. The summed E-state index contributed by atoms with van der Waals surface area (Å²) < 4.78 is 12.6. The number of ether oxygens (including phenoxy) is 2. The zero-order valence-corrected chi connectivity index (χ0v) is 39.2. The predicted molar refractivity (Wildman–Crippen MR) is 257 cm³/mol. The van der Waals surface area contributed by atoms with Gasteiger partial charge in [-0.2, -0.15) is 15.3 Å². The third-order valence-corrected chi connectivity index (χ3v) is 10.5. The van der Waals surface area contributed by atoms with Gasteiger partial charge in [0.15, 0.2) is 0 Å². The average molecular weight is 928 g/mol. The van der Waals surface area contributed by atoms with Crippen LogP contribution in [0.1, 0.15) is 73.8 Å². The van der Waals surface area contributed by atoms with E-state index in [-0.39, 0.29) is 40.2 Å². The van der Waals surface area contributed by atoms with E-state index in [4.69, 9.17) is 21.1 Å². The van der Waals surface area contributed by atoms with E-state index >= 15 is 0 Å². The Kier molecular flexibility index (Phi) is 23.1. The van der Waals surface area contributed by atoms with E-state index in [1.54, 1.807) is 12.1 Å². The van der Waals surface area contributed by atoms with Crippen LogP contribution in [0.2, 0.25) is 5.02 Å². The van der Waals surface area contributed by atoms with E-state index in [1.165, 1.54) is 42.5 Å². The van der Waals surface area contributed by atoms with Crippen LogP contribution in [0.5, 0.6) is 0 Å². The largest absolute Gasteiger partial charge is 0.464 e. The maximum Gasteiger partial charge on any atom is 0.308 e. The Morgan fingerprint density at radius 1 is 0.727 bits per heavy atom. The van der Waals surface area contributed by atoms with Crippen molar-refractivity contribution < 1.29 is 28.9 Å². The van der Waals surface area contributed by atoms with E-state index in [0.717, 1.165) is 37.2 Å². The zero-order valence-electron chi connectivity index (χ0n) is 38.5. The summed E-state index contributed by atoms with van der Waals surface area (Å²) in [5, 5.41) is 41.0. The van der Waals surface area contributed by atoms with Crippen molar-refractivity contribution in [2.24, 2.45) is 32.3 Å². The second-order valence-corrected chi connectivity index (χ2v) is 15.3. The van der Waals surface area contributed by atoms with Crippen LogP contribution in [-0.2, 0) is 19.1 Å². The van der Waals surface area contributed by atoms with Crippen LogP contribution >= 0.6 is 11.6 Å². The lowest BCUT2D eigenvalue weighted by molar-refractivity contribution is -0.385. The van der Waals surface area contributed by atoms with Gasteiger partial charge in [0.05, 0.1) is 56.6 Å². The van der Waals surface area contributed by atoms with E-state index < -0.39 is 9.85 Å². The number of carbonyl (C=O) groups is 2. The maximum absolute atomic E-state index is 11.8. The number of benzene rings is 4. The van der Waals surface area contributed by atoms with Gasteiger partial charge in [-0.15, -0.1) is 5.11 Å². The molecule has 1 aromatic heterocycles. The molecule has 1 heterocycles. The van der Waals surface area contributed by atoms with Crippen molar-refractivity contribution in [2.45, 2.75) is 73.8 Å². The molecule has 5 aromatic rings. The summed E-state index contributed by atoms with van der Waals surface area (Å²) in [6, 6.07) is 25.2. The number of esters is 2. The van der Waals surface area contributed by atoms with Crippen LogP contribution in [0, 0.1) is 32.1 Å². The first kappa shape index (κ1) is 53.3. The van der Waals surface area contributed by atoms with E-state index in [2.05, 4.69) is 54.1 Å². The van der Waals surface area contributed by atoms with Gasteiger partial charge in [0.25, 0.3) is 11.4 Å². The molecule has 352 valence electrons. The second-order valence-electron chi connectivity index (χ2n) is 14.9. The number of likely N-dealkylation sites (N-methyl/N-ethyl adjacent to an activating group) is 1. The van der Waals surface area contributed by atoms with Gasteiger partial charge in [-0.3, -0.25) is 29.8 Å². The van der Waals surface area contributed by atoms with Crippen molar-refractivity contribution >= 4 is 69.0 Å². The number of anilines is 2. The summed E-state index contributed by atoms with van der Waals surface area (Å²) in [5.74, 6) is -0.519.